The van der Waals surface area contributed by atoms with Crippen LogP contribution in [0.2, 0.25) is 0 Å². The molecular weight excluding hydrogens is 406 g/mol. The number of benzene rings is 2. The lowest BCUT2D eigenvalue weighted by molar-refractivity contribution is -0.140. The Balaban J connectivity index is 1.76. The van der Waals surface area contributed by atoms with Crippen LogP contribution in [-0.2, 0) is 14.3 Å². The number of rotatable bonds is 6. The van der Waals surface area contributed by atoms with Crippen molar-refractivity contribution >= 4 is 40.3 Å². The number of carbonyl (C=O) groups is 2. The second-order valence-corrected chi connectivity index (χ2v) is 7.20. The van der Waals surface area contributed by atoms with Gasteiger partial charge in [0.15, 0.2) is 5.16 Å². The summed E-state index contributed by atoms with van der Waals surface area (Å²) in [5.74, 6) is -0.499. The molecule has 0 aliphatic rings. The van der Waals surface area contributed by atoms with Gasteiger partial charge in [-0.3, -0.25) is 18.8 Å². The van der Waals surface area contributed by atoms with E-state index in [0.717, 1.165) is 11.8 Å². The third-order valence-electron chi connectivity index (χ3n) is 4.40. The van der Waals surface area contributed by atoms with Gasteiger partial charge >= 0.3 is 5.97 Å². The molecule has 0 aliphatic carbocycles. The molecule has 1 N–H and O–H groups in total. The van der Waals surface area contributed by atoms with Gasteiger partial charge in [0, 0.05) is 0 Å². The number of aromatic nitrogens is 4. The molecular formula is C20H17N5O4S. The van der Waals surface area contributed by atoms with Crippen molar-refractivity contribution in [3.63, 3.8) is 0 Å². The van der Waals surface area contributed by atoms with Gasteiger partial charge in [0.2, 0.25) is 11.7 Å². The number of para-hydroxylation sites is 2. The third kappa shape index (κ3) is 3.64. The fourth-order valence-corrected chi connectivity index (χ4v) is 3.78. The Kier molecular flexibility index (Phi) is 5.48. The number of thioether (sulfide) groups is 1. The van der Waals surface area contributed by atoms with Crippen molar-refractivity contribution in [2.75, 3.05) is 19.4 Å². The highest BCUT2D eigenvalue weighted by atomic mass is 32.2. The molecule has 0 saturated heterocycles. The Hall–Kier alpha value is -3.66. The van der Waals surface area contributed by atoms with Gasteiger partial charge in [0.05, 0.1) is 29.5 Å². The van der Waals surface area contributed by atoms with Gasteiger partial charge in [0.1, 0.15) is 6.54 Å². The molecule has 2 aromatic heterocycles. The van der Waals surface area contributed by atoms with Gasteiger partial charge in [-0.2, -0.15) is 0 Å². The highest BCUT2D eigenvalue weighted by molar-refractivity contribution is 7.99. The number of hydrogen-bond donors (Lipinski definition) is 1. The molecule has 0 atom stereocenters. The van der Waals surface area contributed by atoms with E-state index >= 15 is 0 Å². The van der Waals surface area contributed by atoms with E-state index < -0.39 is 5.97 Å². The van der Waals surface area contributed by atoms with E-state index in [1.807, 2.05) is 42.5 Å². The first-order chi connectivity index (χ1) is 14.6. The fraction of sp³-hybridized carbons (Fsp3) is 0.150. The van der Waals surface area contributed by atoms with Crippen LogP contribution in [0, 0.1) is 0 Å². The topological polar surface area (TPSA) is 108 Å². The number of hydrogen-bond acceptors (Lipinski definition) is 7. The lowest BCUT2D eigenvalue weighted by atomic mass is 10.2. The van der Waals surface area contributed by atoms with Gasteiger partial charge in [-0.25, -0.2) is 4.57 Å². The van der Waals surface area contributed by atoms with Crippen LogP contribution in [0.15, 0.2) is 64.5 Å². The lowest BCUT2D eigenvalue weighted by Crippen LogP contribution is -2.31. The second-order valence-electron chi connectivity index (χ2n) is 6.25. The van der Waals surface area contributed by atoms with Gasteiger partial charge in [-0.1, -0.05) is 42.1 Å². The number of nitrogens with zero attached hydrogens (tertiary/aromatic N) is 4. The van der Waals surface area contributed by atoms with Gasteiger partial charge in [0.25, 0.3) is 5.56 Å². The Morgan fingerprint density at radius 3 is 2.57 bits per heavy atom. The number of nitrogens with one attached hydrogen (secondary N) is 1. The van der Waals surface area contributed by atoms with Crippen molar-refractivity contribution in [2.24, 2.45) is 0 Å². The molecule has 0 radical (unpaired) electrons. The predicted molar refractivity (Wildman–Crippen MR) is 112 cm³/mol. The van der Waals surface area contributed by atoms with E-state index in [1.54, 1.807) is 16.5 Å². The van der Waals surface area contributed by atoms with Crippen molar-refractivity contribution in [3.05, 3.63) is 65.0 Å². The van der Waals surface area contributed by atoms with Crippen LogP contribution in [0.5, 0.6) is 0 Å². The van der Waals surface area contributed by atoms with E-state index in [9.17, 15) is 14.4 Å². The Labute approximate surface area is 174 Å². The summed E-state index contributed by atoms with van der Waals surface area (Å²) in [6, 6.07) is 16.3. The molecule has 4 rings (SSSR count). The molecule has 9 nitrogen and oxygen atoms in total. The average molecular weight is 423 g/mol. The zero-order chi connectivity index (χ0) is 21.1. The highest BCUT2D eigenvalue weighted by Crippen LogP contribution is 2.23. The van der Waals surface area contributed by atoms with E-state index in [4.69, 9.17) is 0 Å². The molecule has 152 valence electrons. The van der Waals surface area contributed by atoms with Crippen molar-refractivity contribution in [1.29, 1.82) is 0 Å². The van der Waals surface area contributed by atoms with Gasteiger partial charge in [-0.05, 0) is 24.3 Å². The van der Waals surface area contributed by atoms with Crippen LogP contribution in [0.1, 0.15) is 0 Å². The zero-order valence-electron chi connectivity index (χ0n) is 15.9. The van der Waals surface area contributed by atoms with Crippen molar-refractivity contribution in [1.82, 2.24) is 24.5 Å². The first-order valence-electron chi connectivity index (χ1n) is 9.01. The Morgan fingerprint density at radius 2 is 1.80 bits per heavy atom. The summed E-state index contributed by atoms with van der Waals surface area (Å²) < 4.78 is 7.75. The minimum absolute atomic E-state index is 0.0244. The smallest absolute Gasteiger partial charge is 0.325 e. The minimum atomic E-state index is -0.529. The number of methoxy groups -OCH3 is 1. The van der Waals surface area contributed by atoms with E-state index in [2.05, 4.69) is 20.3 Å². The highest BCUT2D eigenvalue weighted by Gasteiger charge is 2.18. The molecule has 0 spiro atoms. The SMILES string of the molecule is COC(=O)CNC(=O)CSc1nnc2n(-c3ccccc3)c(=O)c3ccccc3n12. The van der Waals surface area contributed by atoms with Crippen molar-refractivity contribution in [3.8, 4) is 5.69 Å². The summed E-state index contributed by atoms with van der Waals surface area (Å²) in [5.41, 5.74) is 1.11. The van der Waals surface area contributed by atoms with Crippen LogP contribution in [-0.4, -0.2) is 50.4 Å². The molecule has 4 aromatic rings. The first kappa shape index (κ1) is 19.6. The van der Waals surface area contributed by atoms with E-state index in [0.29, 0.717) is 27.5 Å². The molecule has 0 bridgehead atoms. The molecule has 2 aromatic carbocycles. The van der Waals surface area contributed by atoms with Crippen LogP contribution >= 0.6 is 11.8 Å². The monoisotopic (exact) mass is 423 g/mol. The predicted octanol–water partition coefficient (Wildman–Crippen LogP) is 1.41. The fourth-order valence-electron chi connectivity index (χ4n) is 3.01. The Morgan fingerprint density at radius 1 is 1.07 bits per heavy atom. The molecule has 0 saturated carbocycles. The van der Waals surface area contributed by atoms with Crippen LogP contribution in [0.3, 0.4) is 0 Å². The summed E-state index contributed by atoms with van der Waals surface area (Å²) in [6.45, 7) is -0.201. The second kappa shape index (κ2) is 8.37. The molecule has 2 heterocycles. The summed E-state index contributed by atoms with van der Waals surface area (Å²) >= 11 is 1.16. The maximum atomic E-state index is 13.2. The lowest BCUT2D eigenvalue weighted by Gasteiger charge is -2.11. The summed E-state index contributed by atoms with van der Waals surface area (Å²) in [6.07, 6.45) is 0. The summed E-state index contributed by atoms with van der Waals surface area (Å²) in [5, 5.41) is 11.9. The minimum Gasteiger partial charge on any atom is -0.468 e. The molecule has 0 fully saturated rings. The normalized spacial score (nSPS) is 11.0. The number of ether oxygens (including phenoxy) is 1. The van der Waals surface area contributed by atoms with Crippen LogP contribution in [0.4, 0.5) is 0 Å². The van der Waals surface area contributed by atoms with Crippen molar-refractivity contribution < 1.29 is 14.3 Å². The maximum absolute atomic E-state index is 13.2. The quantitative estimate of drug-likeness (QED) is 0.369. The maximum Gasteiger partial charge on any atom is 0.325 e. The van der Waals surface area contributed by atoms with E-state index in [-0.39, 0.29) is 23.8 Å². The summed E-state index contributed by atoms with van der Waals surface area (Å²) in [7, 11) is 1.25. The number of carbonyl (C=O) groups excluding carboxylic acids is 2. The largest absolute Gasteiger partial charge is 0.468 e. The standard InChI is InChI=1S/C20H17N5O4S/c1-29-17(27)11-21-16(26)12-30-20-23-22-19-24(13-7-3-2-4-8-13)18(28)14-9-5-6-10-15(14)25(19)20/h2-10H,11-12H2,1H3,(H,21,26). The zero-order valence-corrected chi connectivity index (χ0v) is 16.8. The molecule has 0 unspecified atom stereocenters. The molecule has 1 amide bonds. The molecule has 10 heteroatoms. The van der Waals surface area contributed by atoms with Crippen LogP contribution in [0.25, 0.3) is 22.4 Å². The summed E-state index contributed by atoms with van der Waals surface area (Å²) in [4.78, 5) is 36.4. The van der Waals surface area contributed by atoms with E-state index in [1.165, 1.54) is 11.7 Å². The third-order valence-corrected chi connectivity index (χ3v) is 5.33. The number of fused-ring (bicyclic) bond motifs is 3. The van der Waals surface area contributed by atoms with Gasteiger partial charge < -0.3 is 10.1 Å². The molecule has 30 heavy (non-hydrogen) atoms. The van der Waals surface area contributed by atoms with Crippen LogP contribution < -0.4 is 10.9 Å². The Bertz CT molecular complexity index is 1300. The molecule has 0 aliphatic heterocycles. The van der Waals surface area contributed by atoms with Crippen molar-refractivity contribution in [2.45, 2.75) is 5.16 Å². The number of esters is 1. The average Bonchev–Trinajstić information content (AvgIpc) is 3.20. The first-order valence-corrected chi connectivity index (χ1v) is 9.99. The number of amides is 1. The van der Waals surface area contributed by atoms with Gasteiger partial charge in [-0.15, -0.1) is 10.2 Å².